The molecule has 2 unspecified atom stereocenters. The molecule has 0 radical (unpaired) electrons. The number of carboxylic acids is 1. The van der Waals surface area contributed by atoms with E-state index in [1.54, 1.807) is 0 Å². The minimum absolute atomic E-state index is 0.0446. The number of likely N-dealkylation sites (N-methyl/N-ethyl adjacent to an activating group) is 1. The highest BCUT2D eigenvalue weighted by molar-refractivity contribution is 5.70. The average Bonchev–Trinajstić information content (AvgIpc) is 3.28. The van der Waals surface area contributed by atoms with Gasteiger partial charge in [0, 0.05) is 19.3 Å². The molecule has 0 fully saturated rings. The first-order chi connectivity index (χ1) is 32.1. The first-order valence-corrected chi connectivity index (χ1v) is 28.0. The summed E-state index contributed by atoms with van der Waals surface area (Å²) in [6.45, 7) is 4.60. The van der Waals surface area contributed by atoms with Gasteiger partial charge in [0.25, 0.3) is 0 Å². The van der Waals surface area contributed by atoms with E-state index in [1.165, 1.54) is 173 Å². The summed E-state index contributed by atoms with van der Waals surface area (Å²) < 4.78 is 17.3. The lowest BCUT2D eigenvalue weighted by Crippen LogP contribution is -2.55. The molecular formula is C58H107NO7. The SMILES string of the molecule is CC/C=C/C/C=C/C/C=C/CCCCCCCCCCCCCCCC(=O)OC(COCCC(C(=O)[O-])[N+](C)(C)C)COC(=O)CCCCCCCCCCCCCCCCCCCCC. The molecule has 2 atom stereocenters. The molecule has 8 heteroatoms. The largest absolute Gasteiger partial charge is 0.544 e. The summed E-state index contributed by atoms with van der Waals surface area (Å²) in [6.07, 6.45) is 59.0. The highest BCUT2D eigenvalue weighted by Crippen LogP contribution is 2.17. The van der Waals surface area contributed by atoms with E-state index in [0.717, 1.165) is 57.8 Å². The Hall–Kier alpha value is -2.45. The second kappa shape index (κ2) is 49.0. The maximum absolute atomic E-state index is 12.8. The molecular weight excluding hydrogens is 823 g/mol. The summed E-state index contributed by atoms with van der Waals surface area (Å²) in [6, 6.07) is -0.725. The maximum Gasteiger partial charge on any atom is 0.306 e. The molecule has 0 aliphatic carbocycles. The Morgan fingerprint density at radius 1 is 0.470 bits per heavy atom. The molecule has 8 nitrogen and oxygen atoms in total. The van der Waals surface area contributed by atoms with E-state index in [-0.39, 0.29) is 42.7 Å². The Morgan fingerprint density at radius 3 is 1.26 bits per heavy atom. The molecule has 0 saturated carbocycles. The number of allylic oxidation sites excluding steroid dienone is 6. The van der Waals surface area contributed by atoms with Gasteiger partial charge in [0.05, 0.1) is 40.3 Å². The number of rotatable bonds is 51. The first kappa shape index (κ1) is 63.5. The highest BCUT2D eigenvalue weighted by atomic mass is 16.6. The second-order valence-corrected chi connectivity index (χ2v) is 20.2. The van der Waals surface area contributed by atoms with Crippen molar-refractivity contribution in [2.45, 2.75) is 276 Å². The normalized spacial score (nSPS) is 13.0. The van der Waals surface area contributed by atoms with Crippen molar-refractivity contribution in [3.05, 3.63) is 36.5 Å². The standard InChI is InChI=1S/C58H107NO7/c1-6-8-10-12-14-16-18-20-22-24-26-27-28-29-31-33-35-37-39-41-43-45-47-49-57(61)66-54(52-64-51-50-55(58(62)63)59(3,4)5)53-65-56(60)48-46-44-42-40-38-36-34-32-30-25-23-21-19-17-15-13-11-9-7-2/h8,10,14,16,20,22,54-55H,6-7,9,11-13,15,17-19,21,23-53H2,1-5H3/b10-8+,16-14+,22-20+. The molecule has 0 aliphatic heterocycles. The topological polar surface area (TPSA) is 102 Å². The fourth-order valence-corrected chi connectivity index (χ4v) is 8.50. The number of carboxylic acid groups (broad SMARTS) is 1. The van der Waals surface area contributed by atoms with Crippen molar-refractivity contribution in [3.8, 4) is 0 Å². The Balaban J connectivity index is 4.15. The number of quaternary nitrogens is 1. The monoisotopic (exact) mass is 930 g/mol. The van der Waals surface area contributed by atoms with Crippen molar-refractivity contribution in [2.24, 2.45) is 0 Å². The molecule has 66 heavy (non-hydrogen) atoms. The summed E-state index contributed by atoms with van der Waals surface area (Å²) in [7, 11) is 5.43. The fourth-order valence-electron chi connectivity index (χ4n) is 8.50. The molecule has 0 rings (SSSR count). The van der Waals surface area contributed by atoms with Crippen LogP contribution < -0.4 is 5.11 Å². The third-order valence-electron chi connectivity index (χ3n) is 12.8. The summed E-state index contributed by atoms with van der Waals surface area (Å²) in [5.41, 5.74) is 0. The number of carbonyl (C=O) groups is 3. The zero-order valence-corrected chi connectivity index (χ0v) is 44.1. The molecule has 0 N–H and O–H groups in total. The van der Waals surface area contributed by atoms with Crippen molar-refractivity contribution in [3.63, 3.8) is 0 Å². The lowest BCUT2D eigenvalue weighted by molar-refractivity contribution is -0.889. The van der Waals surface area contributed by atoms with Gasteiger partial charge in [0.2, 0.25) is 0 Å². The summed E-state index contributed by atoms with van der Waals surface area (Å²) >= 11 is 0. The quantitative estimate of drug-likeness (QED) is 0.0259. The molecule has 0 bridgehead atoms. The number of unbranched alkanes of at least 4 members (excludes halogenated alkanes) is 31. The maximum atomic E-state index is 12.8. The van der Waals surface area contributed by atoms with Gasteiger partial charge in [-0.05, 0) is 44.9 Å². The second-order valence-electron chi connectivity index (χ2n) is 20.2. The van der Waals surface area contributed by atoms with Gasteiger partial charge in [-0.1, -0.05) is 237 Å². The van der Waals surface area contributed by atoms with Crippen LogP contribution in [0, 0.1) is 0 Å². The number of carbonyl (C=O) groups excluding carboxylic acids is 3. The van der Waals surface area contributed by atoms with Gasteiger partial charge >= 0.3 is 11.9 Å². The number of hydrogen-bond donors (Lipinski definition) is 0. The first-order valence-electron chi connectivity index (χ1n) is 28.0. The Bertz CT molecular complexity index is 1170. The number of esters is 2. The lowest BCUT2D eigenvalue weighted by Gasteiger charge is -2.34. The lowest BCUT2D eigenvalue weighted by atomic mass is 10.0. The van der Waals surface area contributed by atoms with Gasteiger partial charge in [0.1, 0.15) is 12.6 Å². The third-order valence-corrected chi connectivity index (χ3v) is 12.8. The third kappa shape index (κ3) is 46.7. The summed E-state index contributed by atoms with van der Waals surface area (Å²) in [5.74, 6) is -1.72. The van der Waals surface area contributed by atoms with Crippen molar-refractivity contribution < 1.29 is 38.2 Å². The van der Waals surface area contributed by atoms with Crippen LogP contribution in [-0.2, 0) is 28.6 Å². The molecule has 0 heterocycles. The van der Waals surface area contributed by atoms with Gasteiger partial charge in [-0.15, -0.1) is 0 Å². The Morgan fingerprint density at radius 2 is 0.848 bits per heavy atom. The fraction of sp³-hybridized carbons (Fsp3) is 0.845. The number of ether oxygens (including phenoxy) is 3. The van der Waals surface area contributed by atoms with Crippen LogP contribution in [-0.4, -0.2) is 75.5 Å². The number of aliphatic carboxylic acids is 1. The zero-order valence-electron chi connectivity index (χ0n) is 44.1. The van der Waals surface area contributed by atoms with Crippen LogP contribution in [0.2, 0.25) is 0 Å². The molecule has 0 aromatic carbocycles. The van der Waals surface area contributed by atoms with Crippen LogP contribution in [0.5, 0.6) is 0 Å². The molecule has 386 valence electrons. The molecule has 0 saturated heterocycles. The summed E-state index contributed by atoms with van der Waals surface area (Å²) in [4.78, 5) is 37.1. The van der Waals surface area contributed by atoms with Gasteiger partial charge in [-0.2, -0.15) is 0 Å². The van der Waals surface area contributed by atoms with E-state index < -0.39 is 18.1 Å². The van der Waals surface area contributed by atoms with E-state index in [1.807, 2.05) is 21.1 Å². The molecule has 0 aliphatic rings. The minimum atomic E-state index is -1.12. The molecule has 0 aromatic heterocycles. The molecule has 0 amide bonds. The van der Waals surface area contributed by atoms with E-state index in [2.05, 4.69) is 50.3 Å². The van der Waals surface area contributed by atoms with Crippen molar-refractivity contribution in [2.75, 3.05) is 41.0 Å². The predicted octanol–water partition coefficient (Wildman–Crippen LogP) is 15.2. The van der Waals surface area contributed by atoms with Crippen LogP contribution in [0.3, 0.4) is 0 Å². The van der Waals surface area contributed by atoms with E-state index in [4.69, 9.17) is 14.2 Å². The van der Waals surface area contributed by atoms with Crippen molar-refractivity contribution in [1.29, 1.82) is 0 Å². The number of hydrogen-bond acceptors (Lipinski definition) is 7. The Kier molecular flexibility index (Phi) is 47.2. The van der Waals surface area contributed by atoms with Gasteiger partial charge in [-0.25, -0.2) is 0 Å². The molecule has 0 aromatic rings. The zero-order chi connectivity index (χ0) is 48.4. The van der Waals surface area contributed by atoms with Crippen LogP contribution in [0.4, 0.5) is 0 Å². The average molecular weight is 930 g/mol. The predicted molar refractivity (Wildman–Crippen MR) is 277 cm³/mol. The van der Waals surface area contributed by atoms with E-state index in [0.29, 0.717) is 12.8 Å². The smallest absolute Gasteiger partial charge is 0.306 e. The minimum Gasteiger partial charge on any atom is -0.544 e. The van der Waals surface area contributed by atoms with E-state index in [9.17, 15) is 19.5 Å². The van der Waals surface area contributed by atoms with Gasteiger partial charge in [-0.3, -0.25) is 9.59 Å². The van der Waals surface area contributed by atoms with Crippen LogP contribution in [0.15, 0.2) is 36.5 Å². The van der Waals surface area contributed by atoms with Crippen LogP contribution >= 0.6 is 0 Å². The van der Waals surface area contributed by atoms with Gasteiger partial charge in [0.15, 0.2) is 6.10 Å². The van der Waals surface area contributed by atoms with E-state index >= 15 is 0 Å². The van der Waals surface area contributed by atoms with Crippen molar-refractivity contribution in [1.82, 2.24) is 0 Å². The van der Waals surface area contributed by atoms with Crippen LogP contribution in [0.25, 0.3) is 0 Å². The number of nitrogens with zero attached hydrogens (tertiary/aromatic N) is 1. The highest BCUT2D eigenvalue weighted by Gasteiger charge is 2.25. The summed E-state index contributed by atoms with van der Waals surface area (Å²) in [5, 5.41) is 11.7. The molecule has 0 spiro atoms. The van der Waals surface area contributed by atoms with Crippen molar-refractivity contribution >= 4 is 17.9 Å². The van der Waals surface area contributed by atoms with Gasteiger partial charge < -0.3 is 28.6 Å². The Labute approximate surface area is 408 Å². The van der Waals surface area contributed by atoms with Crippen LogP contribution in [0.1, 0.15) is 264 Å².